The fourth-order valence-corrected chi connectivity index (χ4v) is 5.28. The van der Waals surface area contributed by atoms with Crippen LogP contribution in [0.2, 0.25) is 10.0 Å². The minimum absolute atomic E-state index is 0.0357. The van der Waals surface area contributed by atoms with Crippen LogP contribution < -0.4 is 5.32 Å². The fraction of sp³-hybridized carbons (Fsp3) is 0.310. The molecule has 0 aliphatic rings. The van der Waals surface area contributed by atoms with E-state index in [2.05, 4.69) is 5.32 Å². The number of benzene rings is 3. The Morgan fingerprint density at radius 3 is 2.38 bits per heavy atom. The highest BCUT2D eigenvalue weighted by Gasteiger charge is 2.31. The first-order valence-corrected chi connectivity index (χ1v) is 14.1. The van der Waals surface area contributed by atoms with Crippen molar-refractivity contribution >= 4 is 46.8 Å². The van der Waals surface area contributed by atoms with Crippen molar-refractivity contribution in [1.82, 2.24) is 10.2 Å². The molecule has 0 saturated heterocycles. The normalized spacial score (nSPS) is 12.6. The van der Waals surface area contributed by atoms with Crippen LogP contribution in [0.5, 0.6) is 0 Å². The second kappa shape index (κ2) is 14.4. The number of amides is 2. The van der Waals surface area contributed by atoms with Crippen molar-refractivity contribution in [2.75, 3.05) is 5.75 Å². The Kier molecular flexibility index (Phi) is 11.3. The summed E-state index contributed by atoms with van der Waals surface area (Å²) in [6.07, 6.45) is 1.13. The third-order valence-electron chi connectivity index (χ3n) is 6.05. The van der Waals surface area contributed by atoms with E-state index in [1.54, 1.807) is 29.2 Å². The molecule has 0 bridgehead atoms. The molecule has 0 unspecified atom stereocenters. The predicted octanol–water partition coefficient (Wildman–Crippen LogP) is 6.92. The lowest BCUT2D eigenvalue weighted by Gasteiger charge is -2.32. The van der Waals surface area contributed by atoms with E-state index >= 15 is 0 Å². The fourth-order valence-electron chi connectivity index (χ4n) is 3.82. The highest BCUT2D eigenvalue weighted by Crippen LogP contribution is 2.25. The van der Waals surface area contributed by atoms with Gasteiger partial charge in [-0.15, -0.1) is 11.8 Å². The van der Waals surface area contributed by atoms with Crippen molar-refractivity contribution < 1.29 is 14.0 Å². The second-order valence-corrected chi connectivity index (χ2v) is 10.7. The molecule has 0 aliphatic heterocycles. The van der Waals surface area contributed by atoms with Gasteiger partial charge in [0.15, 0.2) is 0 Å². The highest BCUT2D eigenvalue weighted by atomic mass is 35.5. The Balaban J connectivity index is 1.88. The molecule has 37 heavy (non-hydrogen) atoms. The lowest BCUT2D eigenvalue weighted by molar-refractivity contribution is -0.139. The molecule has 0 aromatic heterocycles. The van der Waals surface area contributed by atoms with E-state index in [0.717, 1.165) is 17.5 Å². The number of carbonyl (C=O) groups excluding carboxylic acids is 2. The van der Waals surface area contributed by atoms with Crippen molar-refractivity contribution in [3.63, 3.8) is 0 Å². The first-order chi connectivity index (χ1) is 17.8. The van der Waals surface area contributed by atoms with Crippen LogP contribution in [0.15, 0.2) is 72.8 Å². The van der Waals surface area contributed by atoms with Gasteiger partial charge in [-0.3, -0.25) is 9.59 Å². The molecular formula is C29H31Cl2FN2O2S. The van der Waals surface area contributed by atoms with E-state index in [1.165, 1.54) is 17.8 Å². The summed E-state index contributed by atoms with van der Waals surface area (Å²) < 4.78 is 14.2. The van der Waals surface area contributed by atoms with Crippen LogP contribution in [-0.4, -0.2) is 34.6 Å². The number of hydrogen-bond acceptors (Lipinski definition) is 3. The molecular weight excluding hydrogens is 530 g/mol. The van der Waals surface area contributed by atoms with Crippen LogP contribution >= 0.6 is 35.0 Å². The highest BCUT2D eigenvalue weighted by molar-refractivity contribution is 7.99. The van der Waals surface area contributed by atoms with E-state index in [9.17, 15) is 14.0 Å². The Morgan fingerprint density at radius 1 is 1.00 bits per heavy atom. The second-order valence-electron chi connectivity index (χ2n) is 8.87. The number of hydrogen-bond donors (Lipinski definition) is 1. The smallest absolute Gasteiger partial charge is 0.243 e. The molecule has 3 rings (SSSR count). The summed E-state index contributed by atoms with van der Waals surface area (Å²) in [5, 5.41) is 3.92. The van der Waals surface area contributed by atoms with Gasteiger partial charge in [0.05, 0.1) is 5.75 Å². The van der Waals surface area contributed by atoms with Crippen molar-refractivity contribution in [2.24, 2.45) is 0 Å². The molecule has 0 radical (unpaired) electrons. The summed E-state index contributed by atoms with van der Waals surface area (Å²) in [5.41, 5.74) is 2.12. The molecule has 0 spiro atoms. The molecule has 0 heterocycles. The van der Waals surface area contributed by atoms with Gasteiger partial charge in [-0.05, 0) is 48.7 Å². The van der Waals surface area contributed by atoms with Crippen LogP contribution in [-0.2, 0) is 28.3 Å². The average Bonchev–Trinajstić information content (AvgIpc) is 2.88. The van der Waals surface area contributed by atoms with E-state index in [4.69, 9.17) is 23.2 Å². The monoisotopic (exact) mass is 560 g/mol. The van der Waals surface area contributed by atoms with Crippen molar-refractivity contribution in [3.8, 4) is 0 Å². The van der Waals surface area contributed by atoms with Gasteiger partial charge in [0.1, 0.15) is 11.9 Å². The van der Waals surface area contributed by atoms with Gasteiger partial charge in [-0.25, -0.2) is 4.39 Å². The standard InChI is InChI=1S/C29H31Cl2FN2O2S/c1-3-20(2)33-29(36)27(16-21-9-5-4-6-10-21)34(17-22-11-7-12-23(30)15-22)28(35)19-37-18-24-25(31)13-8-14-26(24)32/h4-15,20,27H,3,16-19H2,1-2H3,(H,33,36)/t20-,27-/m0/s1. The number of rotatable bonds is 12. The van der Waals surface area contributed by atoms with Crippen molar-refractivity contribution in [3.05, 3.63) is 105 Å². The SMILES string of the molecule is CC[C@H](C)NC(=O)[C@H](Cc1ccccc1)N(Cc1cccc(Cl)c1)C(=O)CSCc1c(F)cccc1Cl. The van der Waals surface area contributed by atoms with Gasteiger partial charge >= 0.3 is 0 Å². The Hall–Kier alpha value is -2.54. The summed E-state index contributed by atoms with van der Waals surface area (Å²) in [6, 6.07) is 20.6. The topological polar surface area (TPSA) is 49.4 Å². The molecule has 1 N–H and O–H groups in total. The van der Waals surface area contributed by atoms with Crippen LogP contribution in [0.3, 0.4) is 0 Å². The van der Waals surface area contributed by atoms with Gasteiger partial charge in [-0.1, -0.05) is 78.7 Å². The van der Waals surface area contributed by atoms with Gasteiger partial charge in [0.2, 0.25) is 11.8 Å². The molecule has 196 valence electrons. The van der Waals surface area contributed by atoms with Gasteiger partial charge in [0, 0.05) is 40.4 Å². The number of carbonyl (C=O) groups is 2. The van der Waals surface area contributed by atoms with Crippen LogP contribution in [0.4, 0.5) is 4.39 Å². The van der Waals surface area contributed by atoms with Crippen LogP contribution in [0.1, 0.15) is 37.0 Å². The molecule has 4 nitrogen and oxygen atoms in total. The van der Waals surface area contributed by atoms with E-state index < -0.39 is 11.9 Å². The lowest BCUT2D eigenvalue weighted by Crippen LogP contribution is -2.52. The summed E-state index contributed by atoms with van der Waals surface area (Å²) >= 11 is 13.6. The Labute approximate surface area is 232 Å². The average molecular weight is 562 g/mol. The first kappa shape index (κ1) is 29.0. The van der Waals surface area contributed by atoms with E-state index in [-0.39, 0.29) is 35.9 Å². The van der Waals surface area contributed by atoms with Gasteiger partial charge in [0.25, 0.3) is 0 Å². The minimum Gasteiger partial charge on any atom is -0.352 e. The summed E-state index contributed by atoms with van der Waals surface area (Å²) in [4.78, 5) is 28.8. The summed E-state index contributed by atoms with van der Waals surface area (Å²) in [5.74, 6) is -0.538. The largest absolute Gasteiger partial charge is 0.352 e. The molecule has 3 aromatic rings. The number of halogens is 3. The van der Waals surface area contributed by atoms with Gasteiger partial charge in [-0.2, -0.15) is 0 Å². The molecule has 0 fully saturated rings. The van der Waals surface area contributed by atoms with Crippen LogP contribution in [0, 0.1) is 5.82 Å². The van der Waals surface area contributed by atoms with Crippen LogP contribution in [0.25, 0.3) is 0 Å². The maximum Gasteiger partial charge on any atom is 0.243 e. The van der Waals surface area contributed by atoms with Crippen molar-refractivity contribution in [2.45, 2.75) is 51.1 Å². The molecule has 2 atom stereocenters. The summed E-state index contributed by atoms with van der Waals surface area (Å²) in [7, 11) is 0. The Bertz CT molecular complexity index is 1180. The quantitative estimate of drug-likeness (QED) is 0.261. The molecule has 0 aliphatic carbocycles. The van der Waals surface area contributed by atoms with E-state index in [0.29, 0.717) is 22.0 Å². The third kappa shape index (κ3) is 8.77. The third-order valence-corrected chi connectivity index (χ3v) is 7.58. The molecule has 0 saturated carbocycles. The van der Waals surface area contributed by atoms with Crippen molar-refractivity contribution in [1.29, 1.82) is 0 Å². The minimum atomic E-state index is -0.736. The maximum absolute atomic E-state index is 14.2. The molecule has 8 heteroatoms. The van der Waals surface area contributed by atoms with E-state index in [1.807, 2.05) is 56.3 Å². The zero-order chi connectivity index (χ0) is 26.8. The number of nitrogens with zero attached hydrogens (tertiary/aromatic N) is 1. The molecule has 3 aromatic carbocycles. The number of thioether (sulfide) groups is 1. The first-order valence-electron chi connectivity index (χ1n) is 12.2. The summed E-state index contributed by atoms with van der Waals surface area (Å²) in [6.45, 7) is 4.15. The zero-order valence-corrected chi connectivity index (χ0v) is 23.3. The Morgan fingerprint density at radius 2 is 1.70 bits per heavy atom. The predicted molar refractivity (Wildman–Crippen MR) is 151 cm³/mol. The molecule has 2 amide bonds. The number of nitrogens with one attached hydrogen (secondary N) is 1. The zero-order valence-electron chi connectivity index (χ0n) is 20.9. The lowest BCUT2D eigenvalue weighted by atomic mass is 10.0. The maximum atomic E-state index is 14.2. The van der Waals surface area contributed by atoms with Gasteiger partial charge < -0.3 is 10.2 Å².